The van der Waals surface area contributed by atoms with E-state index in [-0.39, 0.29) is 17.7 Å². The van der Waals surface area contributed by atoms with Crippen molar-refractivity contribution in [2.24, 2.45) is 5.92 Å². The van der Waals surface area contributed by atoms with Crippen molar-refractivity contribution in [2.75, 3.05) is 38.0 Å². The average molecular weight is 460 g/mol. The van der Waals surface area contributed by atoms with Crippen molar-refractivity contribution in [3.05, 3.63) is 53.0 Å². The van der Waals surface area contributed by atoms with Crippen LogP contribution in [0.3, 0.4) is 0 Å². The normalized spacial score (nSPS) is 14.7. The number of benzene rings is 2. The van der Waals surface area contributed by atoms with Crippen molar-refractivity contribution in [3.8, 4) is 11.5 Å². The zero-order valence-corrected chi connectivity index (χ0v) is 18.3. The number of anilines is 1. The van der Waals surface area contributed by atoms with Gasteiger partial charge in [0, 0.05) is 42.3 Å². The van der Waals surface area contributed by atoms with Gasteiger partial charge in [-0.2, -0.15) is 0 Å². The van der Waals surface area contributed by atoms with Crippen molar-refractivity contribution in [1.82, 2.24) is 9.80 Å². The van der Waals surface area contributed by atoms with E-state index in [4.69, 9.17) is 4.74 Å². The molecule has 1 heterocycles. The highest BCUT2D eigenvalue weighted by Crippen LogP contribution is 2.24. The zero-order valence-electron chi connectivity index (χ0n) is 16.7. The Labute approximate surface area is 180 Å². The zero-order chi connectivity index (χ0) is 20.8. The molecule has 0 aromatic heterocycles. The number of hydrogen-bond acceptors (Lipinski definition) is 4. The summed E-state index contributed by atoms with van der Waals surface area (Å²) in [7, 11) is 0. The van der Waals surface area contributed by atoms with Gasteiger partial charge >= 0.3 is 0 Å². The minimum Gasteiger partial charge on any atom is -0.457 e. The van der Waals surface area contributed by atoms with Crippen LogP contribution in [0.5, 0.6) is 11.5 Å². The third-order valence-electron chi connectivity index (χ3n) is 4.73. The van der Waals surface area contributed by atoms with E-state index in [0.717, 1.165) is 15.9 Å². The van der Waals surface area contributed by atoms with Gasteiger partial charge in [0.2, 0.25) is 11.8 Å². The van der Waals surface area contributed by atoms with Crippen LogP contribution in [-0.2, 0) is 9.59 Å². The molecule has 0 unspecified atom stereocenters. The van der Waals surface area contributed by atoms with Gasteiger partial charge in [0.15, 0.2) is 0 Å². The van der Waals surface area contributed by atoms with Gasteiger partial charge in [-0.1, -0.05) is 29.8 Å². The van der Waals surface area contributed by atoms with Gasteiger partial charge in [-0.15, -0.1) is 0 Å². The molecule has 1 aliphatic rings. The molecule has 2 aromatic carbocycles. The van der Waals surface area contributed by atoms with E-state index in [1.807, 2.05) is 67.3 Å². The van der Waals surface area contributed by atoms with Gasteiger partial charge in [-0.25, -0.2) is 0 Å². The fourth-order valence-electron chi connectivity index (χ4n) is 3.14. The topological polar surface area (TPSA) is 61.9 Å². The summed E-state index contributed by atoms with van der Waals surface area (Å²) in [5.41, 5.74) is 0.728. The Kier molecular flexibility index (Phi) is 7.28. The molecular weight excluding hydrogens is 434 g/mol. The van der Waals surface area contributed by atoms with Crippen LogP contribution in [0.15, 0.2) is 53.0 Å². The second-order valence-electron chi connectivity index (χ2n) is 7.38. The summed E-state index contributed by atoms with van der Waals surface area (Å²) in [5.74, 6) is 1.59. The van der Waals surface area contributed by atoms with E-state index >= 15 is 0 Å². The second kappa shape index (κ2) is 9.89. The molecule has 0 spiro atoms. The first kappa shape index (κ1) is 21.3. The van der Waals surface area contributed by atoms with E-state index in [0.29, 0.717) is 38.5 Å². The lowest BCUT2D eigenvalue weighted by Gasteiger charge is -2.35. The number of carbonyl (C=O) groups excluding carboxylic acids is 2. The number of carbonyl (C=O) groups is 2. The first-order valence-electron chi connectivity index (χ1n) is 9.75. The maximum Gasteiger partial charge on any atom is 0.238 e. The fraction of sp³-hybridized carbons (Fsp3) is 0.364. The molecule has 6 nitrogen and oxygen atoms in total. The second-order valence-corrected chi connectivity index (χ2v) is 8.30. The molecule has 0 bridgehead atoms. The summed E-state index contributed by atoms with van der Waals surface area (Å²) in [6.07, 6.45) is 0. The average Bonchev–Trinajstić information content (AvgIpc) is 2.71. The quantitative estimate of drug-likeness (QED) is 0.709. The highest BCUT2D eigenvalue weighted by Gasteiger charge is 2.23. The van der Waals surface area contributed by atoms with Crippen LogP contribution in [0.2, 0.25) is 0 Å². The fourth-order valence-corrected chi connectivity index (χ4v) is 3.40. The molecule has 0 aliphatic carbocycles. The number of nitrogens with zero attached hydrogens (tertiary/aromatic N) is 2. The van der Waals surface area contributed by atoms with Crippen LogP contribution < -0.4 is 10.1 Å². The van der Waals surface area contributed by atoms with E-state index < -0.39 is 0 Å². The number of amides is 2. The van der Waals surface area contributed by atoms with Crippen molar-refractivity contribution in [1.29, 1.82) is 0 Å². The van der Waals surface area contributed by atoms with Crippen LogP contribution in [0.25, 0.3) is 0 Å². The number of nitrogens with one attached hydrogen (secondary N) is 1. The molecule has 7 heteroatoms. The largest absolute Gasteiger partial charge is 0.457 e. The molecule has 2 amide bonds. The lowest BCUT2D eigenvalue weighted by molar-refractivity contribution is -0.136. The molecule has 0 radical (unpaired) electrons. The lowest BCUT2D eigenvalue weighted by atomic mass is 10.1. The van der Waals surface area contributed by atoms with Crippen LogP contribution >= 0.6 is 15.9 Å². The number of rotatable bonds is 6. The van der Waals surface area contributed by atoms with Gasteiger partial charge in [0.25, 0.3) is 0 Å². The summed E-state index contributed by atoms with van der Waals surface area (Å²) in [5, 5.41) is 2.92. The van der Waals surface area contributed by atoms with Gasteiger partial charge in [0.05, 0.1) is 6.54 Å². The van der Waals surface area contributed by atoms with Crippen LogP contribution in [0.4, 0.5) is 5.69 Å². The van der Waals surface area contributed by atoms with Gasteiger partial charge in [0.1, 0.15) is 11.5 Å². The smallest absolute Gasteiger partial charge is 0.238 e. The molecule has 1 fully saturated rings. The number of halogens is 1. The Balaban J connectivity index is 1.45. The molecule has 1 aliphatic heterocycles. The van der Waals surface area contributed by atoms with Crippen LogP contribution in [0.1, 0.15) is 13.8 Å². The van der Waals surface area contributed by atoms with Crippen LogP contribution in [-0.4, -0.2) is 54.3 Å². The van der Waals surface area contributed by atoms with E-state index in [1.54, 1.807) is 0 Å². The summed E-state index contributed by atoms with van der Waals surface area (Å²) < 4.78 is 6.78. The van der Waals surface area contributed by atoms with Crippen molar-refractivity contribution in [2.45, 2.75) is 13.8 Å². The molecule has 154 valence electrons. The summed E-state index contributed by atoms with van der Waals surface area (Å²) in [6.45, 7) is 6.92. The first-order valence-corrected chi connectivity index (χ1v) is 10.5. The predicted octanol–water partition coefficient (Wildman–Crippen LogP) is 3.98. The predicted molar refractivity (Wildman–Crippen MR) is 117 cm³/mol. The minimum atomic E-state index is -0.0600. The Morgan fingerprint density at radius 1 is 0.966 bits per heavy atom. The molecular formula is C22H26BrN3O3. The molecule has 3 rings (SSSR count). The summed E-state index contributed by atoms with van der Waals surface area (Å²) in [4.78, 5) is 28.3. The summed E-state index contributed by atoms with van der Waals surface area (Å²) in [6, 6.07) is 14.9. The minimum absolute atomic E-state index is 0.0144. The molecule has 0 atom stereocenters. The monoisotopic (exact) mass is 459 g/mol. The molecule has 2 aromatic rings. The third-order valence-corrected chi connectivity index (χ3v) is 5.26. The molecule has 1 saturated heterocycles. The highest BCUT2D eigenvalue weighted by molar-refractivity contribution is 9.10. The van der Waals surface area contributed by atoms with Crippen molar-refractivity contribution >= 4 is 33.4 Å². The summed E-state index contributed by atoms with van der Waals surface area (Å²) >= 11 is 3.40. The van der Waals surface area contributed by atoms with Crippen LogP contribution in [0, 0.1) is 5.92 Å². The standard InChI is InChI=1S/C22H26BrN3O3/c1-16(2)22(28)26-13-11-25(12-14-26)15-21(27)24-18-5-9-20(10-6-18)29-19-7-3-17(23)4-8-19/h3-10,16H,11-15H2,1-2H3,(H,24,27). The van der Waals surface area contributed by atoms with Gasteiger partial charge in [-0.3, -0.25) is 14.5 Å². The lowest BCUT2D eigenvalue weighted by Crippen LogP contribution is -2.51. The first-order chi connectivity index (χ1) is 13.9. The van der Waals surface area contributed by atoms with Crippen molar-refractivity contribution in [3.63, 3.8) is 0 Å². The maximum absolute atomic E-state index is 12.3. The number of piperazine rings is 1. The van der Waals surface area contributed by atoms with Gasteiger partial charge in [-0.05, 0) is 48.5 Å². The van der Waals surface area contributed by atoms with Crippen molar-refractivity contribution < 1.29 is 14.3 Å². The SMILES string of the molecule is CC(C)C(=O)N1CCN(CC(=O)Nc2ccc(Oc3ccc(Br)cc3)cc2)CC1. The van der Waals surface area contributed by atoms with E-state index in [9.17, 15) is 9.59 Å². The Morgan fingerprint density at radius 3 is 2.07 bits per heavy atom. The van der Waals surface area contributed by atoms with E-state index in [2.05, 4.69) is 26.1 Å². The molecule has 0 saturated carbocycles. The molecule has 29 heavy (non-hydrogen) atoms. The third kappa shape index (κ3) is 6.30. The molecule has 1 N–H and O–H groups in total. The van der Waals surface area contributed by atoms with E-state index in [1.165, 1.54) is 0 Å². The van der Waals surface area contributed by atoms with Gasteiger partial charge < -0.3 is 15.0 Å². The Bertz CT molecular complexity index is 829. The highest BCUT2D eigenvalue weighted by atomic mass is 79.9. The Hall–Kier alpha value is -2.38. The Morgan fingerprint density at radius 2 is 1.52 bits per heavy atom. The number of ether oxygens (including phenoxy) is 1. The number of hydrogen-bond donors (Lipinski definition) is 1. The maximum atomic E-state index is 12.3.